The van der Waals surface area contributed by atoms with Crippen LogP contribution in [-0.2, 0) is 0 Å². The third-order valence-electron chi connectivity index (χ3n) is 8.13. The van der Waals surface area contributed by atoms with Crippen molar-refractivity contribution < 1.29 is 15.3 Å². The number of hydrogen-bond acceptors (Lipinski definition) is 3. The smallest absolute Gasteiger partial charge is 0.119 e. The molecule has 3 heteroatoms. The number of hydrogen-bond donors (Lipinski definition) is 3. The SMILES string of the molecule is Oc1ccccc1C(c1cc(C2CCCCC2)ccc1O)c1cc(C2CCCCC2)ccc1O. The Morgan fingerprint density at radius 2 is 0.941 bits per heavy atom. The molecule has 0 aliphatic heterocycles. The highest BCUT2D eigenvalue weighted by atomic mass is 16.3. The predicted octanol–water partition coefficient (Wildman–Crippen LogP) is 8.08. The molecule has 0 spiro atoms. The molecule has 0 atom stereocenters. The monoisotopic (exact) mass is 456 g/mol. The molecule has 3 aromatic rings. The van der Waals surface area contributed by atoms with Gasteiger partial charge in [-0.05, 0) is 66.8 Å². The van der Waals surface area contributed by atoms with Crippen molar-refractivity contribution in [3.05, 3.63) is 88.5 Å². The van der Waals surface area contributed by atoms with Gasteiger partial charge < -0.3 is 15.3 Å². The number of benzene rings is 3. The number of aromatic hydroxyl groups is 3. The van der Waals surface area contributed by atoms with Gasteiger partial charge in [-0.25, -0.2) is 0 Å². The summed E-state index contributed by atoms with van der Waals surface area (Å²) in [7, 11) is 0. The van der Waals surface area contributed by atoms with Crippen LogP contribution in [0.5, 0.6) is 17.2 Å². The zero-order valence-electron chi connectivity index (χ0n) is 19.9. The third kappa shape index (κ3) is 4.66. The van der Waals surface area contributed by atoms with Crippen LogP contribution < -0.4 is 0 Å². The number of phenolic OH excluding ortho intramolecular Hbond substituents is 3. The molecular formula is C31H36O3. The highest BCUT2D eigenvalue weighted by molar-refractivity contribution is 5.57. The van der Waals surface area contributed by atoms with E-state index in [2.05, 4.69) is 24.3 Å². The van der Waals surface area contributed by atoms with Crippen molar-refractivity contribution in [2.75, 3.05) is 0 Å². The van der Waals surface area contributed by atoms with E-state index in [9.17, 15) is 15.3 Å². The van der Waals surface area contributed by atoms with E-state index >= 15 is 0 Å². The van der Waals surface area contributed by atoms with E-state index in [0.29, 0.717) is 17.4 Å². The molecule has 3 nitrogen and oxygen atoms in total. The van der Waals surface area contributed by atoms with Gasteiger partial charge in [-0.2, -0.15) is 0 Å². The molecule has 2 aliphatic carbocycles. The van der Waals surface area contributed by atoms with Crippen LogP contribution in [0.25, 0.3) is 0 Å². The van der Waals surface area contributed by atoms with Crippen molar-refractivity contribution >= 4 is 0 Å². The van der Waals surface area contributed by atoms with Gasteiger partial charge in [-0.1, -0.05) is 81.0 Å². The van der Waals surface area contributed by atoms with Crippen molar-refractivity contribution in [2.24, 2.45) is 0 Å². The van der Waals surface area contributed by atoms with Crippen molar-refractivity contribution in [3.8, 4) is 17.2 Å². The van der Waals surface area contributed by atoms with Gasteiger partial charge in [0.05, 0.1) is 0 Å². The van der Waals surface area contributed by atoms with Gasteiger partial charge >= 0.3 is 0 Å². The minimum Gasteiger partial charge on any atom is -0.508 e. The molecular weight excluding hydrogens is 420 g/mol. The van der Waals surface area contributed by atoms with Crippen molar-refractivity contribution in [2.45, 2.75) is 82.0 Å². The molecule has 2 aliphatic rings. The predicted molar refractivity (Wildman–Crippen MR) is 137 cm³/mol. The standard InChI is InChI=1S/C31H36O3/c32-28-14-8-7-13-25(28)31(26-19-23(15-17-29(26)33)21-9-3-1-4-10-21)27-20-24(16-18-30(27)34)22-11-5-2-6-12-22/h7-8,13-22,31-34H,1-6,9-12H2. The summed E-state index contributed by atoms with van der Waals surface area (Å²) < 4.78 is 0. The lowest BCUT2D eigenvalue weighted by Crippen LogP contribution is -2.10. The lowest BCUT2D eigenvalue weighted by Gasteiger charge is -2.27. The van der Waals surface area contributed by atoms with Gasteiger partial charge in [0.2, 0.25) is 0 Å². The normalized spacial score (nSPS) is 17.8. The second kappa shape index (κ2) is 10.1. The maximum Gasteiger partial charge on any atom is 0.119 e. The molecule has 3 aromatic carbocycles. The van der Waals surface area contributed by atoms with Gasteiger partial charge in [-0.15, -0.1) is 0 Å². The quantitative estimate of drug-likeness (QED) is 0.340. The minimum absolute atomic E-state index is 0.178. The van der Waals surface area contributed by atoms with E-state index in [1.807, 2.05) is 18.2 Å². The van der Waals surface area contributed by atoms with E-state index in [-0.39, 0.29) is 17.2 Å². The second-order valence-electron chi connectivity index (χ2n) is 10.3. The Balaban J connectivity index is 1.64. The Morgan fingerprint density at radius 3 is 1.41 bits per heavy atom. The lowest BCUT2D eigenvalue weighted by molar-refractivity contribution is 0.436. The molecule has 3 N–H and O–H groups in total. The maximum absolute atomic E-state index is 11.1. The first-order valence-electron chi connectivity index (χ1n) is 13.1. The fraction of sp³-hybridized carbons (Fsp3) is 0.419. The van der Waals surface area contributed by atoms with Crippen LogP contribution in [0.3, 0.4) is 0 Å². The zero-order chi connectivity index (χ0) is 23.5. The number of para-hydroxylation sites is 1. The van der Waals surface area contributed by atoms with E-state index < -0.39 is 5.92 Å². The van der Waals surface area contributed by atoms with Crippen molar-refractivity contribution in [3.63, 3.8) is 0 Å². The fourth-order valence-corrected chi connectivity index (χ4v) is 6.22. The van der Waals surface area contributed by atoms with Crippen LogP contribution in [0.2, 0.25) is 0 Å². The highest BCUT2D eigenvalue weighted by Crippen LogP contribution is 2.46. The van der Waals surface area contributed by atoms with Crippen LogP contribution >= 0.6 is 0 Å². The Labute approximate surface area is 203 Å². The number of phenols is 3. The van der Waals surface area contributed by atoms with E-state index in [1.54, 1.807) is 18.2 Å². The molecule has 178 valence electrons. The summed E-state index contributed by atoms with van der Waals surface area (Å²) in [4.78, 5) is 0. The van der Waals surface area contributed by atoms with Crippen molar-refractivity contribution in [1.29, 1.82) is 0 Å². The molecule has 34 heavy (non-hydrogen) atoms. The van der Waals surface area contributed by atoms with E-state index in [0.717, 1.165) is 11.1 Å². The topological polar surface area (TPSA) is 60.7 Å². The van der Waals surface area contributed by atoms with E-state index in [4.69, 9.17) is 0 Å². The van der Waals surface area contributed by atoms with Gasteiger partial charge in [0, 0.05) is 22.6 Å². The summed E-state index contributed by atoms with van der Waals surface area (Å²) >= 11 is 0. The second-order valence-corrected chi connectivity index (χ2v) is 10.3. The first kappa shape index (κ1) is 22.8. The molecule has 0 unspecified atom stereocenters. The summed E-state index contributed by atoms with van der Waals surface area (Å²) in [5, 5.41) is 33.0. The summed E-state index contributed by atoms with van der Waals surface area (Å²) in [6.07, 6.45) is 12.3. The Morgan fingerprint density at radius 1 is 0.500 bits per heavy atom. The summed E-state index contributed by atoms with van der Waals surface area (Å²) in [6.45, 7) is 0. The van der Waals surface area contributed by atoms with Crippen LogP contribution in [0.15, 0.2) is 60.7 Å². The van der Waals surface area contributed by atoms with Gasteiger partial charge in [-0.3, -0.25) is 0 Å². The summed E-state index contributed by atoms with van der Waals surface area (Å²) in [5.41, 5.74) is 4.70. The Bertz CT molecular complexity index is 1060. The van der Waals surface area contributed by atoms with Gasteiger partial charge in [0.25, 0.3) is 0 Å². The molecule has 0 radical (unpaired) electrons. The minimum atomic E-state index is -0.451. The van der Waals surface area contributed by atoms with Crippen LogP contribution in [0, 0.1) is 0 Å². The van der Waals surface area contributed by atoms with Crippen LogP contribution in [0.4, 0.5) is 0 Å². The first-order valence-corrected chi connectivity index (χ1v) is 13.1. The molecule has 0 saturated heterocycles. The Hall–Kier alpha value is -2.94. The van der Waals surface area contributed by atoms with Crippen LogP contribution in [-0.4, -0.2) is 15.3 Å². The van der Waals surface area contributed by atoms with E-state index in [1.165, 1.54) is 75.3 Å². The molecule has 2 saturated carbocycles. The highest BCUT2D eigenvalue weighted by Gasteiger charge is 2.28. The Kier molecular flexibility index (Phi) is 6.80. The molecule has 5 rings (SSSR count). The third-order valence-corrected chi connectivity index (χ3v) is 8.13. The van der Waals surface area contributed by atoms with Crippen LogP contribution in [0.1, 0.15) is 110 Å². The summed E-state index contributed by atoms with van der Waals surface area (Å²) in [5.74, 6) is 1.14. The zero-order valence-corrected chi connectivity index (χ0v) is 19.9. The molecule has 0 aromatic heterocycles. The van der Waals surface area contributed by atoms with Gasteiger partial charge in [0.1, 0.15) is 17.2 Å². The average molecular weight is 457 g/mol. The summed E-state index contributed by atoms with van der Waals surface area (Å²) in [6, 6.07) is 19.3. The fourth-order valence-electron chi connectivity index (χ4n) is 6.22. The first-order chi connectivity index (χ1) is 16.6. The lowest BCUT2D eigenvalue weighted by atomic mass is 9.78. The molecule has 0 amide bonds. The average Bonchev–Trinajstić information content (AvgIpc) is 2.88. The number of rotatable bonds is 5. The molecule has 0 heterocycles. The largest absolute Gasteiger partial charge is 0.508 e. The van der Waals surface area contributed by atoms with Crippen molar-refractivity contribution in [1.82, 2.24) is 0 Å². The molecule has 2 fully saturated rings. The van der Waals surface area contributed by atoms with Gasteiger partial charge in [0.15, 0.2) is 0 Å². The maximum atomic E-state index is 11.1. The molecule has 0 bridgehead atoms.